The van der Waals surface area contributed by atoms with E-state index in [1.165, 1.54) is 6.08 Å². The van der Waals surface area contributed by atoms with Gasteiger partial charge in [0.25, 0.3) is 0 Å². The maximum atomic E-state index is 11.5. The Kier molecular flexibility index (Phi) is 6.52. The normalized spacial score (nSPS) is 10.2. The van der Waals surface area contributed by atoms with E-state index < -0.39 is 0 Å². The predicted octanol–water partition coefficient (Wildman–Crippen LogP) is 2.20. The van der Waals surface area contributed by atoms with Crippen molar-refractivity contribution in [1.29, 1.82) is 0 Å². The maximum absolute atomic E-state index is 11.5. The summed E-state index contributed by atoms with van der Waals surface area (Å²) in [5, 5.41) is 2.26. The van der Waals surface area contributed by atoms with Gasteiger partial charge in [-0.1, -0.05) is 18.2 Å². The second-order valence-corrected chi connectivity index (χ2v) is 4.27. The fourth-order valence-electron chi connectivity index (χ4n) is 1.29. The smallest absolute Gasteiger partial charge is 0.325 e. The topological polar surface area (TPSA) is 67.4 Å². The fourth-order valence-corrected chi connectivity index (χ4v) is 1.69. The highest BCUT2D eigenvalue weighted by atomic mass is 32.2. The van der Waals surface area contributed by atoms with Gasteiger partial charge >= 0.3 is 6.03 Å². The summed E-state index contributed by atoms with van der Waals surface area (Å²) in [6, 6.07) is 6.97. The molecule has 2 N–H and O–H groups in total. The lowest BCUT2D eigenvalue weighted by molar-refractivity contribution is -0.107. The summed E-state index contributed by atoms with van der Waals surface area (Å²) in [7, 11) is 1.57. The van der Waals surface area contributed by atoms with Crippen LogP contribution in [0.5, 0.6) is 5.75 Å². The summed E-state index contributed by atoms with van der Waals surface area (Å²) >= 11 is 0.729. The number of amides is 2. The maximum Gasteiger partial charge on any atom is 0.325 e. The molecule has 0 aliphatic rings. The SMILES string of the molecule is CCNC(=O)NSC(=O)/C=C/c1ccccc1OC. The lowest BCUT2D eigenvalue weighted by Gasteiger charge is -2.03. The van der Waals surface area contributed by atoms with E-state index in [2.05, 4.69) is 10.0 Å². The summed E-state index contributed by atoms with van der Waals surface area (Å²) in [5.74, 6) is 0.688. The zero-order valence-electron chi connectivity index (χ0n) is 10.8. The van der Waals surface area contributed by atoms with Gasteiger partial charge in [0.15, 0.2) is 0 Å². The summed E-state index contributed by atoms with van der Waals surface area (Å²) in [6.07, 6.45) is 3.03. The van der Waals surface area contributed by atoms with Crippen LogP contribution in [0.3, 0.4) is 0 Å². The van der Waals surface area contributed by atoms with Crippen molar-refractivity contribution in [2.24, 2.45) is 0 Å². The molecule has 0 aliphatic carbocycles. The van der Waals surface area contributed by atoms with Gasteiger partial charge in [-0.25, -0.2) is 4.79 Å². The lowest BCUT2D eigenvalue weighted by Crippen LogP contribution is -2.31. The molecule has 0 unspecified atom stereocenters. The number of ether oxygens (including phenoxy) is 1. The molecule has 0 saturated heterocycles. The lowest BCUT2D eigenvalue weighted by atomic mass is 10.2. The van der Waals surface area contributed by atoms with E-state index in [9.17, 15) is 9.59 Å². The summed E-state index contributed by atoms with van der Waals surface area (Å²) in [5.41, 5.74) is 0.803. The number of hydrogen-bond acceptors (Lipinski definition) is 4. The summed E-state index contributed by atoms with van der Waals surface area (Å²) < 4.78 is 7.54. The number of rotatable bonds is 4. The number of para-hydroxylation sites is 1. The fraction of sp³-hybridized carbons (Fsp3) is 0.231. The molecule has 6 heteroatoms. The zero-order chi connectivity index (χ0) is 14.1. The Morgan fingerprint density at radius 2 is 2.11 bits per heavy atom. The number of carbonyl (C=O) groups is 2. The van der Waals surface area contributed by atoms with Crippen molar-refractivity contribution in [3.8, 4) is 5.75 Å². The largest absolute Gasteiger partial charge is 0.496 e. The summed E-state index contributed by atoms with van der Waals surface area (Å²) in [4.78, 5) is 22.6. The molecule has 0 heterocycles. The minimum Gasteiger partial charge on any atom is -0.496 e. The Bertz CT molecular complexity index is 475. The van der Waals surface area contributed by atoms with Gasteiger partial charge < -0.3 is 10.1 Å². The van der Waals surface area contributed by atoms with Crippen LogP contribution in [0.25, 0.3) is 6.08 Å². The first-order valence-corrected chi connectivity index (χ1v) is 6.54. The number of urea groups is 1. The molecule has 0 radical (unpaired) electrons. The highest BCUT2D eigenvalue weighted by Crippen LogP contribution is 2.18. The van der Waals surface area contributed by atoms with Gasteiger partial charge in [0.1, 0.15) is 5.75 Å². The molecule has 102 valence electrons. The second kappa shape index (κ2) is 8.20. The Hall–Kier alpha value is -1.95. The van der Waals surface area contributed by atoms with Crippen LogP contribution in [-0.4, -0.2) is 24.8 Å². The van der Waals surface area contributed by atoms with E-state index in [4.69, 9.17) is 4.74 Å². The number of hydrogen-bond donors (Lipinski definition) is 2. The van der Waals surface area contributed by atoms with Crippen molar-refractivity contribution >= 4 is 29.2 Å². The Labute approximate surface area is 116 Å². The predicted molar refractivity (Wildman–Crippen MR) is 76.8 cm³/mol. The van der Waals surface area contributed by atoms with Crippen LogP contribution >= 0.6 is 11.9 Å². The average Bonchev–Trinajstić information content (AvgIpc) is 2.43. The van der Waals surface area contributed by atoms with Crippen LogP contribution in [0, 0.1) is 0 Å². The van der Waals surface area contributed by atoms with Gasteiger partial charge in [0, 0.05) is 24.1 Å². The van der Waals surface area contributed by atoms with E-state index in [1.807, 2.05) is 24.3 Å². The molecular weight excluding hydrogens is 264 g/mol. The van der Waals surface area contributed by atoms with Gasteiger partial charge in [-0.3, -0.25) is 9.52 Å². The molecule has 0 aromatic heterocycles. The molecule has 0 saturated carbocycles. The van der Waals surface area contributed by atoms with Gasteiger partial charge in [0.2, 0.25) is 5.12 Å². The highest BCUT2D eigenvalue weighted by Gasteiger charge is 2.03. The van der Waals surface area contributed by atoms with Crippen molar-refractivity contribution in [3.63, 3.8) is 0 Å². The van der Waals surface area contributed by atoms with E-state index in [0.29, 0.717) is 12.3 Å². The van der Waals surface area contributed by atoms with Crippen molar-refractivity contribution in [2.45, 2.75) is 6.92 Å². The number of carbonyl (C=O) groups excluding carboxylic acids is 2. The van der Waals surface area contributed by atoms with Crippen LogP contribution in [0.1, 0.15) is 12.5 Å². The third-order valence-electron chi connectivity index (χ3n) is 2.12. The van der Waals surface area contributed by atoms with Gasteiger partial charge in [-0.15, -0.1) is 0 Å². The third-order valence-corrected chi connectivity index (χ3v) is 2.74. The molecule has 0 atom stereocenters. The van der Waals surface area contributed by atoms with Crippen LogP contribution < -0.4 is 14.8 Å². The van der Waals surface area contributed by atoms with Gasteiger partial charge in [0.05, 0.1) is 7.11 Å². The van der Waals surface area contributed by atoms with E-state index in [1.54, 1.807) is 20.1 Å². The molecular formula is C13H16N2O3S. The molecule has 0 bridgehead atoms. The molecule has 1 aromatic carbocycles. The van der Waals surface area contributed by atoms with E-state index in [0.717, 1.165) is 17.5 Å². The van der Waals surface area contributed by atoms with Gasteiger partial charge in [-0.05, 0) is 25.1 Å². The standard InChI is InChI=1S/C13H16N2O3S/c1-3-14-13(17)15-19-12(16)9-8-10-6-4-5-7-11(10)18-2/h4-9H,3H2,1-2H3,(H2,14,15,17)/b9-8+. The van der Waals surface area contributed by atoms with Crippen molar-refractivity contribution in [1.82, 2.24) is 10.0 Å². The van der Waals surface area contributed by atoms with Gasteiger partial charge in [-0.2, -0.15) is 0 Å². The Morgan fingerprint density at radius 3 is 2.79 bits per heavy atom. The molecule has 0 aliphatic heterocycles. The van der Waals surface area contributed by atoms with Crippen molar-refractivity contribution < 1.29 is 14.3 Å². The van der Waals surface area contributed by atoms with Crippen molar-refractivity contribution in [2.75, 3.05) is 13.7 Å². The second-order valence-electron chi connectivity index (χ2n) is 3.46. The number of benzene rings is 1. The zero-order valence-corrected chi connectivity index (χ0v) is 11.6. The van der Waals surface area contributed by atoms with Crippen LogP contribution in [0.2, 0.25) is 0 Å². The van der Waals surface area contributed by atoms with Crippen molar-refractivity contribution in [3.05, 3.63) is 35.9 Å². The molecule has 0 fully saturated rings. The third kappa shape index (κ3) is 5.48. The van der Waals surface area contributed by atoms with Crippen LogP contribution in [0.4, 0.5) is 4.79 Å². The molecule has 5 nitrogen and oxygen atoms in total. The number of nitrogens with one attached hydrogen (secondary N) is 2. The average molecular weight is 280 g/mol. The van der Waals surface area contributed by atoms with Crippen LogP contribution in [0.15, 0.2) is 30.3 Å². The minimum absolute atomic E-state index is 0.267. The first-order valence-electron chi connectivity index (χ1n) is 5.73. The van der Waals surface area contributed by atoms with Crippen LogP contribution in [-0.2, 0) is 4.79 Å². The first kappa shape index (κ1) is 15.1. The molecule has 1 rings (SSSR count). The molecule has 0 spiro atoms. The molecule has 2 amide bonds. The van der Waals surface area contributed by atoms with E-state index in [-0.39, 0.29) is 11.1 Å². The first-order chi connectivity index (χ1) is 9.17. The Balaban J connectivity index is 2.52. The molecule has 1 aromatic rings. The molecule has 19 heavy (non-hydrogen) atoms. The minimum atomic E-state index is -0.383. The Morgan fingerprint density at radius 1 is 1.37 bits per heavy atom. The number of methoxy groups -OCH3 is 1. The highest BCUT2D eigenvalue weighted by molar-refractivity contribution is 8.12. The monoisotopic (exact) mass is 280 g/mol. The quantitative estimate of drug-likeness (QED) is 0.655. The van der Waals surface area contributed by atoms with E-state index >= 15 is 0 Å². The summed E-state index contributed by atoms with van der Waals surface area (Å²) in [6.45, 7) is 2.31.